The molecule has 0 unspecified atom stereocenters. The smallest absolute Gasteiger partial charge is 0.343 e. The average molecular weight is 490 g/mol. The van der Waals surface area contributed by atoms with Crippen molar-refractivity contribution in [1.29, 1.82) is 0 Å². The summed E-state index contributed by atoms with van der Waals surface area (Å²) in [5.74, 6) is -0.891. The maximum absolute atomic E-state index is 12.5. The minimum atomic E-state index is -0.492. The van der Waals surface area contributed by atoms with E-state index in [-0.39, 0.29) is 5.91 Å². The summed E-state index contributed by atoms with van der Waals surface area (Å²) in [5.41, 5.74) is 5.23. The summed E-state index contributed by atoms with van der Waals surface area (Å²) in [6.07, 6.45) is 4.56. The van der Waals surface area contributed by atoms with Gasteiger partial charge < -0.3 is 10.1 Å². The van der Waals surface area contributed by atoms with Gasteiger partial charge in [0.25, 0.3) is 5.91 Å². The Morgan fingerprint density at radius 1 is 0.703 bits per heavy atom. The second-order valence-corrected chi connectivity index (χ2v) is 7.80. The number of nitrogens with one attached hydrogen (secondary N) is 2. The molecular weight excluding hydrogens is 466 g/mol. The van der Waals surface area contributed by atoms with Crippen LogP contribution in [-0.2, 0) is 4.79 Å². The molecule has 0 saturated heterocycles. The van der Waals surface area contributed by atoms with Crippen LogP contribution < -0.4 is 15.5 Å². The molecule has 0 aromatic heterocycles. The van der Waals surface area contributed by atoms with Crippen molar-refractivity contribution in [1.82, 2.24) is 5.43 Å². The second kappa shape index (κ2) is 12.4. The molecule has 2 amide bonds. The van der Waals surface area contributed by atoms with Gasteiger partial charge in [-0.25, -0.2) is 10.2 Å². The van der Waals surface area contributed by atoms with E-state index in [1.54, 1.807) is 78.9 Å². The van der Waals surface area contributed by atoms with Crippen LogP contribution in [0.1, 0.15) is 31.8 Å². The average Bonchev–Trinajstić information content (AvgIpc) is 2.94. The summed E-state index contributed by atoms with van der Waals surface area (Å²) in [7, 11) is 0. The molecule has 0 aliphatic rings. The number of hydrogen-bond acceptors (Lipinski definition) is 5. The number of hydrazone groups is 1. The molecule has 0 spiro atoms. The third-order valence-corrected chi connectivity index (χ3v) is 5.14. The van der Waals surface area contributed by atoms with Crippen LogP contribution in [0.25, 0.3) is 6.08 Å². The molecule has 182 valence electrons. The lowest BCUT2D eigenvalue weighted by Crippen LogP contribution is -2.18. The van der Waals surface area contributed by atoms with Gasteiger partial charge in [0.15, 0.2) is 0 Å². The largest absolute Gasteiger partial charge is 0.422 e. The van der Waals surface area contributed by atoms with Crippen molar-refractivity contribution >= 4 is 35.8 Å². The normalized spacial score (nSPS) is 10.8. The van der Waals surface area contributed by atoms with Gasteiger partial charge in [-0.05, 0) is 60.2 Å². The third kappa shape index (κ3) is 7.34. The first-order chi connectivity index (χ1) is 18.1. The molecule has 0 fully saturated rings. The summed E-state index contributed by atoms with van der Waals surface area (Å²) in [5, 5.41) is 6.74. The predicted octanol–water partition coefficient (Wildman–Crippen LogP) is 5.32. The van der Waals surface area contributed by atoms with Crippen molar-refractivity contribution in [3.05, 3.63) is 138 Å². The molecule has 0 atom stereocenters. The molecule has 4 aromatic carbocycles. The molecule has 2 N–H and O–H groups in total. The second-order valence-electron chi connectivity index (χ2n) is 7.80. The number of carbonyl (C=O) groups excluding carboxylic acids is 3. The van der Waals surface area contributed by atoms with Crippen LogP contribution in [0, 0.1) is 0 Å². The first-order valence-electron chi connectivity index (χ1n) is 11.4. The number of carbonyl (C=O) groups is 3. The zero-order valence-corrected chi connectivity index (χ0v) is 19.7. The highest BCUT2D eigenvalue weighted by atomic mass is 16.5. The van der Waals surface area contributed by atoms with Crippen LogP contribution >= 0.6 is 0 Å². The van der Waals surface area contributed by atoms with E-state index >= 15 is 0 Å². The van der Waals surface area contributed by atoms with Crippen molar-refractivity contribution in [2.45, 2.75) is 0 Å². The minimum Gasteiger partial charge on any atom is -0.422 e. The number of anilines is 1. The fraction of sp³-hybridized carbons (Fsp3) is 0. The van der Waals surface area contributed by atoms with E-state index in [1.165, 1.54) is 12.3 Å². The van der Waals surface area contributed by atoms with Crippen LogP contribution in [0.5, 0.6) is 5.75 Å². The lowest BCUT2D eigenvalue weighted by molar-refractivity contribution is -0.111. The van der Waals surface area contributed by atoms with Crippen LogP contribution in [0.4, 0.5) is 5.69 Å². The SMILES string of the molecule is O=C(/C=C/c1ccccc1)Nc1ccc(C(=O)N/N=C\c2ccccc2OC(=O)c2ccccc2)cc1. The minimum absolute atomic E-state index is 0.280. The number of nitrogens with zero attached hydrogens (tertiary/aromatic N) is 1. The van der Waals surface area contributed by atoms with E-state index in [9.17, 15) is 14.4 Å². The Morgan fingerprint density at radius 3 is 2.08 bits per heavy atom. The Kier molecular flexibility index (Phi) is 8.33. The summed E-state index contributed by atoms with van der Waals surface area (Å²) in [4.78, 5) is 37.0. The quantitative estimate of drug-likeness (QED) is 0.115. The lowest BCUT2D eigenvalue weighted by Gasteiger charge is -2.07. The Balaban J connectivity index is 1.32. The van der Waals surface area contributed by atoms with E-state index in [0.29, 0.717) is 28.1 Å². The molecule has 4 aromatic rings. The van der Waals surface area contributed by atoms with Gasteiger partial charge in [0.05, 0.1) is 11.8 Å². The van der Waals surface area contributed by atoms with Gasteiger partial charge in [-0.15, -0.1) is 0 Å². The molecule has 0 aliphatic carbocycles. The number of esters is 1. The zero-order chi connectivity index (χ0) is 25.9. The van der Waals surface area contributed by atoms with Crippen LogP contribution in [0.2, 0.25) is 0 Å². The van der Waals surface area contributed by atoms with Gasteiger partial charge in [0, 0.05) is 22.9 Å². The molecule has 0 saturated carbocycles. The highest BCUT2D eigenvalue weighted by molar-refractivity contribution is 6.02. The van der Waals surface area contributed by atoms with E-state index in [4.69, 9.17) is 4.74 Å². The molecule has 37 heavy (non-hydrogen) atoms. The first-order valence-corrected chi connectivity index (χ1v) is 11.4. The summed E-state index contributed by atoms with van der Waals surface area (Å²) >= 11 is 0. The Bertz CT molecular complexity index is 1430. The summed E-state index contributed by atoms with van der Waals surface area (Å²) in [6, 6.07) is 31.4. The van der Waals surface area contributed by atoms with E-state index in [2.05, 4.69) is 15.8 Å². The van der Waals surface area contributed by atoms with Crippen LogP contribution in [0.3, 0.4) is 0 Å². The van der Waals surface area contributed by atoms with Crippen molar-refractivity contribution < 1.29 is 19.1 Å². The van der Waals surface area contributed by atoms with E-state index in [0.717, 1.165) is 5.56 Å². The lowest BCUT2D eigenvalue weighted by atomic mass is 10.2. The monoisotopic (exact) mass is 489 g/mol. The van der Waals surface area contributed by atoms with E-state index < -0.39 is 11.9 Å². The summed E-state index contributed by atoms with van der Waals surface area (Å²) < 4.78 is 5.48. The number of rotatable bonds is 8. The van der Waals surface area contributed by atoms with Crippen LogP contribution in [-0.4, -0.2) is 24.0 Å². The Morgan fingerprint density at radius 2 is 1.35 bits per heavy atom. The molecule has 0 bridgehead atoms. The number of hydrogen-bond donors (Lipinski definition) is 2. The molecule has 0 radical (unpaired) electrons. The standard InChI is InChI=1S/C30H23N3O4/c34-28(20-15-22-9-3-1-4-10-22)32-26-18-16-23(17-19-26)29(35)33-31-21-25-13-7-8-14-27(25)37-30(36)24-11-5-2-6-12-24/h1-21H,(H,32,34)(H,33,35)/b20-15+,31-21-. The molecule has 0 aliphatic heterocycles. The molecular formula is C30H23N3O4. The topological polar surface area (TPSA) is 96.9 Å². The Hall–Kier alpha value is -5.30. The maximum atomic E-state index is 12.5. The van der Waals surface area contributed by atoms with Gasteiger partial charge in [0.2, 0.25) is 5.91 Å². The van der Waals surface area contributed by atoms with Crippen molar-refractivity contribution in [3.63, 3.8) is 0 Å². The fourth-order valence-corrected chi connectivity index (χ4v) is 3.26. The highest BCUT2D eigenvalue weighted by Gasteiger charge is 2.10. The number of ether oxygens (including phenoxy) is 1. The molecule has 4 rings (SSSR count). The third-order valence-electron chi connectivity index (χ3n) is 5.14. The molecule has 0 heterocycles. The van der Waals surface area contributed by atoms with Gasteiger partial charge in [-0.3, -0.25) is 9.59 Å². The highest BCUT2D eigenvalue weighted by Crippen LogP contribution is 2.18. The number of amides is 2. The first kappa shape index (κ1) is 24.8. The fourth-order valence-electron chi connectivity index (χ4n) is 3.26. The summed E-state index contributed by atoms with van der Waals surface area (Å²) in [6.45, 7) is 0. The number of benzene rings is 4. The van der Waals surface area contributed by atoms with Gasteiger partial charge in [-0.1, -0.05) is 60.7 Å². The van der Waals surface area contributed by atoms with Crippen LogP contribution in [0.15, 0.2) is 120 Å². The zero-order valence-electron chi connectivity index (χ0n) is 19.7. The maximum Gasteiger partial charge on any atom is 0.343 e. The van der Waals surface area contributed by atoms with Gasteiger partial charge in [-0.2, -0.15) is 5.10 Å². The molecule has 7 nitrogen and oxygen atoms in total. The number of para-hydroxylation sites is 1. The van der Waals surface area contributed by atoms with E-state index in [1.807, 2.05) is 36.4 Å². The van der Waals surface area contributed by atoms with Gasteiger partial charge in [0.1, 0.15) is 5.75 Å². The van der Waals surface area contributed by atoms with Crippen molar-refractivity contribution in [3.8, 4) is 5.75 Å². The van der Waals surface area contributed by atoms with Crippen molar-refractivity contribution in [2.75, 3.05) is 5.32 Å². The Labute approximate surface area is 214 Å². The van der Waals surface area contributed by atoms with Crippen molar-refractivity contribution in [2.24, 2.45) is 5.10 Å². The van der Waals surface area contributed by atoms with Gasteiger partial charge >= 0.3 is 5.97 Å². The molecule has 7 heteroatoms. The predicted molar refractivity (Wildman–Crippen MR) is 143 cm³/mol.